The number of ether oxygens (including phenoxy) is 1. The van der Waals surface area contributed by atoms with E-state index >= 15 is 0 Å². The second-order valence-corrected chi connectivity index (χ2v) is 4.55. The normalized spacial score (nSPS) is 10.9. The van der Waals surface area contributed by atoms with Gasteiger partial charge in [-0.3, -0.25) is 4.79 Å². The molecule has 0 fully saturated rings. The second-order valence-electron chi connectivity index (χ2n) is 4.55. The van der Waals surface area contributed by atoms with Crippen LogP contribution in [0.15, 0.2) is 0 Å². The third-order valence-electron chi connectivity index (χ3n) is 2.33. The van der Waals surface area contributed by atoms with Crippen LogP contribution in [0.2, 0.25) is 0 Å². The Morgan fingerprint density at radius 1 is 1.50 bits per heavy atom. The first-order valence-corrected chi connectivity index (χ1v) is 5.75. The van der Waals surface area contributed by atoms with Crippen LogP contribution in [0.25, 0.3) is 0 Å². The second kappa shape index (κ2) is 8.12. The molecule has 0 saturated heterocycles. The molecule has 0 saturated carbocycles. The monoisotopic (exact) mass is 226 g/mol. The lowest BCUT2D eigenvalue weighted by Gasteiger charge is -2.23. The van der Waals surface area contributed by atoms with Crippen LogP contribution in [-0.2, 0) is 9.53 Å². The van der Waals surface area contributed by atoms with Gasteiger partial charge in [0.05, 0.1) is 19.1 Å². The quantitative estimate of drug-likeness (QED) is 0.507. The molecule has 4 heteroatoms. The third-order valence-corrected chi connectivity index (χ3v) is 2.33. The number of carbonyl (C=O) groups is 1. The van der Waals surface area contributed by atoms with E-state index in [0.29, 0.717) is 26.0 Å². The summed E-state index contributed by atoms with van der Waals surface area (Å²) in [5.74, 6) is -0.162. The Morgan fingerprint density at radius 2 is 2.19 bits per heavy atom. The van der Waals surface area contributed by atoms with Gasteiger partial charge in [0.25, 0.3) is 0 Å². The molecule has 0 aliphatic heterocycles. The van der Waals surface area contributed by atoms with Crippen molar-refractivity contribution in [3.8, 4) is 6.07 Å². The maximum absolute atomic E-state index is 11.0. The number of nitrogens with zero attached hydrogens (tertiary/aromatic N) is 1. The summed E-state index contributed by atoms with van der Waals surface area (Å²) >= 11 is 0. The summed E-state index contributed by atoms with van der Waals surface area (Å²) in [5.41, 5.74) is 0.102. The highest BCUT2D eigenvalue weighted by atomic mass is 16.5. The smallest absolute Gasteiger partial charge is 0.307 e. The van der Waals surface area contributed by atoms with Gasteiger partial charge in [-0.1, -0.05) is 13.8 Å². The number of hydrogen-bond donors (Lipinski definition) is 1. The van der Waals surface area contributed by atoms with Crippen LogP contribution in [0.4, 0.5) is 0 Å². The zero-order valence-electron chi connectivity index (χ0n) is 10.5. The number of nitriles is 1. The van der Waals surface area contributed by atoms with Gasteiger partial charge in [0.2, 0.25) is 0 Å². The molecule has 0 amide bonds. The van der Waals surface area contributed by atoms with Crippen LogP contribution in [0.1, 0.15) is 40.0 Å². The van der Waals surface area contributed by atoms with Gasteiger partial charge in [-0.25, -0.2) is 0 Å². The highest BCUT2D eigenvalue weighted by Gasteiger charge is 2.16. The summed E-state index contributed by atoms with van der Waals surface area (Å²) in [5, 5.41) is 11.7. The van der Waals surface area contributed by atoms with Crippen molar-refractivity contribution < 1.29 is 9.53 Å². The molecule has 0 spiro atoms. The van der Waals surface area contributed by atoms with Gasteiger partial charge in [-0.15, -0.1) is 0 Å². The third kappa shape index (κ3) is 8.25. The highest BCUT2D eigenvalue weighted by molar-refractivity contribution is 5.69. The van der Waals surface area contributed by atoms with Gasteiger partial charge in [0, 0.05) is 19.5 Å². The SMILES string of the molecule is CCOC(=O)CCNCC(C)(C)CCC#N. The van der Waals surface area contributed by atoms with Crippen molar-refractivity contribution in [3.05, 3.63) is 0 Å². The molecule has 4 nitrogen and oxygen atoms in total. The van der Waals surface area contributed by atoms with E-state index in [9.17, 15) is 4.79 Å². The largest absolute Gasteiger partial charge is 0.466 e. The first kappa shape index (κ1) is 14.9. The van der Waals surface area contributed by atoms with Crippen LogP contribution < -0.4 is 5.32 Å². The minimum Gasteiger partial charge on any atom is -0.466 e. The van der Waals surface area contributed by atoms with Crippen LogP contribution in [-0.4, -0.2) is 25.7 Å². The average Bonchev–Trinajstić information content (AvgIpc) is 2.22. The van der Waals surface area contributed by atoms with E-state index < -0.39 is 0 Å². The molecule has 0 aromatic rings. The summed E-state index contributed by atoms with van der Waals surface area (Å²) < 4.78 is 4.82. The Bertz CT molecular complexity index is 244. The molecule has 16 heavy (non-hydrogen) atoms. The van der Waals surface area contributed by atoms with Gasteiger partial charge < -0.3 is 10.1 Å². The molecule has 0 rings (SSSR count). The van der Waals surface area contributed by atoms with E-state index in [1.807, 2.05) is 0 Å². The summed E-state index contributed by atoms with van der Waals surface area (Å²) in [4.78, 5) is 11.0. The standard InChI is InChI=1S/C12H22N2O2/c1-4-16-11(15)6-9-14-10-12(2,3)7-5-8-13/h14H,4-7,9-10H2,1-3H3. The number of esters is 1. The van der Waals surface area contributed by atoms with Gasteiger partial charge in [0.15, 0.2) is 0 Å². The number of rotatable bonds is 8. The Morgan fingerprint density at radius 3 is 2.75 bits per heavy atom. The van der Waals surface area contributed by atoms with E-state index in [0.717, 1.165) is 13.0 Å². The van der Waals surface area contributed by atoms with Crippen LogP contribution in [0, 0.1) is 16.7 Å². The van der Waals surface area contributed by atoms with Crippen molar-refractivity contribution in [2.45, 2.75) is 40.0 Å². The van der Waals surface area contributed by atoms with E-state index in [-0.39, 0.29) is 11.4 Å². The lowest BCUT2D eigenvalue weighted by atomic mass is 9.88. The van der Waals surface area contributed by atoms with Crippen molar-refractivity contribution in [3.63, 3.8) is 0 Å². The minimum absolute atomic E-state index is 0.102. The van der Waals surface area contributed by atoms with Crippen molar-refractivity contribution in [2.24, 2.45) is 5.41 Å². The lowest BCUT2D eigenvalue weighted by Crippen LogP contribution is -2.31. The molecule has 0 aliphatic rings. The topological polar surface area (TPSA) is 62.1 Å². The fourth-order valence-corrected chi connectivity index (χ4v) is 1.33. The van der Waals surface area contributed by atoms with Crippen LogP contribution in [0.5, 0.6) is 0 Å². The maximum Gasteiger partial charge on any atom is 0.307 e. The fraction of sp³-hybridized carbons (Fsp3) is 0.833. The maximum atomic E-state index is 11.0. The molecule has 0 unspecified atom stereocenters. The number of hydrogen-bond acceptors (Lipinski definition) is 4. The molecule has 92 valence electrons. The van der Waals surface area contributed by atoms with Crippen molar-refractivity contribution in [1.82, 2.24) is 5.32 Å². The Kier molecular flexibility index (Phi) is 7.57. The van der Waals surface area contributed by atoms with E-state index in [1.165, 1.54) is 0 Å². The fourth-order valence-electron chi connectivity index (χ4n) is 1.33. The van der Waals surface area contributed by atoms with Crippen LogP contribution >= 0.6 is 0 Å². The zero-order chi connectivity index (χ0) is 12.4. The molecule has 0 atom stereocenters. The zero-order valence-corrected chi connectivity index (χ0v) is 10.5. The Hall–Kier alpha value is -1.08. The predicted molar refractivity (Wildman–Crippen MR) is 62.7 cm³/mol. The highest BCUT2D eigenvalue weighted by Crippen LogP contribution is 2.20. The molecular formula is C12H22N2O2. The van der Waals surface area contributed by atoms with Crippen molar-refractivity contribution >= 4 is 5.97 Å². The van der Waals surface area contributed by atoms with E-state index in [2.05, 4.69) is 25.2 Å². The molecule has 0 heterocycles. The van der Waals surface area contributed by atoms with E-state index in [4.69, 9.17) is 10.00 Å². The van der Waals surface area contributed by atoms with Crippen molar-refractivity contribution in [2.75, 3.05) is 19.7 Å². The summed E-state index contributed by atoms with van der Waals surface area (Å²) in [6.45, 7) is 7.91. The van der Waals surface area contributed by atoms with Gasteiger partial charge >= 0.3 is 5.97 Å². The minimum atomic E-state index is -0.162. The number of nitrogens with one attached hydrogen (secondary N) is 1. The number of carbonyl (C=O) groups excluding carboxylic acids is 1. The Balaban J connectivity index is 3.57. The van der Waals surface area contributed by atoms with Gasteiger partial charge in [-0.2, -0.15) is 5.26 Å². The van der Waals surface area contributed by atoms with Gasteiger partial charge in [-0.05, 0) is 18.8 Å². The molecule has 1 N–H and O–H groups in total. The molecule has 0 aromatic carbocycles. The molecule has 0 aliphatic carbocycles. The summed E-state index contributed by atoms with van der Waals surface area (Å²) in [6.07, 6.45) is 1.85. The first-order valence-electron chi connectivity index (χ1n) is 5.75. The molecule has 0 bridgehead atoms. The van der Waals surface area contributed by atoms with Crippen LogP contribution in [0.3, 0.4) is 0 Å². The van der Waals surface area contributed by atoms with Crippen molar-refractivity contribution in [1.29, 1.82) is 5.26 Å². The Labute approximate surface area is 98.0 Å². The predicted octanol–water partition coefficient (Wildman–Crippen LogP) is 1.86. The van der Waals surface area contributed by atoms with Gasteiger partial charge in [0.1, 0.15) is 0 Å². The van der Waals surface area contributed by atoms with E-state index in [1.54, 1.807) is 6.92 Å². The molecule has 0 radical (unpaired) electrons. The molecule has 0 aromatic heterocycles. The lowest BCUT2D eigenvalue weighted by molar-refractivity contribution is -0.142. The summed E-state index contributed by atoms with van der Waals surface area (Å²) in [6, 6.07) is 2.15. The average molecular weight is 226 g/mol. The molecular weight excluding hydrogens is 204 g/mol. The summed E-state index contributed by atoms with van der Waals surface area (Å²) in [7, 11) is 0. The first-order chi connectivity index (χ1) is 7.52.